The average molecular weight is 373 g/mol. The van der Waals surface area contributed by atoms with Gasteiger partial charge in [-0.2, -0.15) is 0 Å². The predicted molar refractivity (Wildman–Crippen MR) is 106 cm³/mol. The number of nitrogens with zero attached hydrogens (tertiary/aromatic N) is 3. The van der Waals surface area contributed by atoms with Crippen LogP contribution in [0.4, 0.5) is 5.69 Å². The van der Waals surface area contributed by atoms with Gasteiger partial charge in [0.1, 0.15) is 11.0 Å². The predicted octanol–water partition coefficient (Wildman–Crippen LogP) is 3.47. The van der Waals surface area contributed by atoms with E-state index in [-0.39, 0.29) is 5.91 Å². The molecule has 1 amide bonds. The molecule has 7 nitrogen and oxygen atoms in total. The van der Waals surface area contributed by atoms with Crippen LogP contribution in [-0.4, -0.2) is 21.2 Å². The molecule has 0 saturated heterocycles. The molecule has 0 radical (unpaired) electrons. The molecule has 0 aliphatic rings. The Kier molecular flexibility index (Phi) is 4.97. The number of anilines is 1. The summed E-state index contributed by atoms with van der Waals surface area (Å²) >= 11 is 0. The second kappa shape index (κ2) is 7.87. The first kappa shape index (κ1) is 17.7. The Balaban J connectivity index is 1.43. The Morgan fingerprint density at radius 2 is 1.89 bits per heavy atom. The van der Waals surface area contributed by atoms with Crippen molar-refractivity contribution in [2.45, 2.75) is 20.0 Å². The van der Waals surface area contributed by atoms with Crippen molar-refractivity contribution in [1.29, 1.82) is 0 Å². The molecule has 0 aliphatic carbocycles. The lowest BCUT2D eigenvalue weighted by molar-refractivity contribution is 0.0950. The summed E-state index contributed by atoms with van der Waals surface area (Å²) in [5, 5.41) is 13.9. The first-order chi connectivity index (χ1) is 13.7. The second-order valence-corrected chi connectivity index (χ2v) is 6.46. The monoisotopic (exact) mass is 373 g/mol. The number of amides is 1. The number of hydrogen-bond acceptors (Lipinski definition) is 6. The molecule has 2 N–H and O–H groups in total. The molecule has 0 atom stereocenters. The SMILES string of the molecule is Cc1c(NCc2cccnc2)cccc1C(=O)NCc1ccc2nonc2c1. The molecule has 0 bridgehead atoms. The third-order valence-electron chi connectivity index (χ3n) is 4.56. The maximum absolute atomic E-state index is 12.7. The van der Waals surface area contributed by atoms with E-state index in [1.165, 1.54) is 0 Å². The van der Waals surface area contributed by atoms with E-state index < -0.39 is 0 Å². The van der Waals surface area contributed by atoms with Crippen molar-refractivity contribution in [3.8, 4) is 0 Å². The zero-order chi connectivity index (χ0) is 19.3. The highest BCUT2D eigenvalue weighted by Crippen LogP contribution is 2.20. The van der Waals surface area contributed by atoms with Crippen molar-refractivity contribution < 1.29 is 9.42 Å². The molecular weight excluding hydrogens is 354 g/mol. The van der Waals surface area contributed by atoms with Crippen molar-refractivity contribution in [3.05, 3.63) is 83.2 Å². The highest BCUT2D eigenvalue weighted by atomic mass is 16.6. The fourth-order valence-corrected chi connectivity index (χ4v) is 2.99. The molecular formula is C21H19N5O2. The number of fused-ring (bicyclic) bond motifs is 1. The molecule has 28 heavy (non-hydrogen) atoms. The first-order valence-corrected chi connectivity index (χ1v) is 8.92. The molecule has 7 heteroatoms. The van der Waals surface area contributed by atoms with Gasteiger partial charge in [-0.1, -0.05) is 18.2 Å². The normalized spacial score (nSPS) is 10.8. The smallest absolute Gasteiger partial charge is 0.251 e. The van der Waals surface area contributed by atoms with Crippen molar-refractivity contribution >= 4 is 22.6 Å². The molecule has 0 aliphatic heterocycles. The molecule has 0 saturated carbocycles. The summed E-state index contributed by atoms with van der Waals surface area (Å²) in [7, 11) is 0. The van der Waals surface area contributed by atoms with Crippen LogP contribution in [0.3, 0.4) is 0 Å². The lowest BCUT2D eigenvalue weighted by Gasteiger charge is -2.13. The molecule has 2 heterocycles. The number of pyridine rings is 1. The van der Waals surface area contributed by atoms with Gasteiger partial charge in [0.2, 0.25) is 0 Å². The van der Waals surface area contributed by atoms with E-state index in [0.29, 0.717) is 29.7 Å². The van der Waals surface area contributed by atoms with Gasteiger partial charge in [0.05, 0.1) is 0 Å². The van der Waals surface area contributed by atoms with Crippen molar-refractivity contribution in [1.82, 2.24) is 20.6 Å². The fraction of sp³-hybridized carbons (Fsp3) is 0.143. The third kappa shape index (κ3) is 3.83. The zero-order valence-corrected chi connectivity index (χ0v) is 15.3. The van der Waals surface area contributed by atoms with Gasteiger partial charge in [-0.25, -0.2) is 4.63 Å². The van der Waals surface area contributed by atoms with E-state index in [2.05, 4.69) is 25.9 Å². The number of hydrogen-bond donors (Lipinski definition) is 2. The van der Waals surface area contributed by atoms with Crippen molar-refractivity contribution in [2.24, 2.45) is 0 Å². The van der Waals surface area contributed by atoms with E-state index in [1.54, 1.807) is 6.20 Å². The van der Waals surface area contributed by atoms with Gasteiger partial charge in [-0.15, -0.1) is 0 Å². The Morgan fingerprint density at radius 3 is 2.75 bits per heavy atom. The van der Waals surface area contributed by atoms with Crippen LogP contribution >= 0.6 is 0 Å². The Labute approximate surface area is 161 Å². The van der Waals surface area contributed by atoms with Crippen LogP contribution in [0.2, 0.25) is 0 Å². The van der Waals surface area contributed by atoms with Gasteiger partial charge in [-0.3, -0.25) is 9.78 Å². The number of aromatic nitrogens is 3. The minimum atomic E-state index is -0.124. The van der Waals surface area contributed by atoms with Crippen LogP contribution in [0, 0.1) is 6.92 Å². The molecule has 4 rings (SSSR count). The molecule has 140 valence electrons. The van der Waals surface area contributed by atoms with Gasteiger partial charge in [0.25, 0.3) is 5.91 Å². The van der Waals surface area contributed by atoms with E-state index in [4.69, 9.17) is 4.63 Å². The molecule has 0 spiro atoms. The Hall–Kier alpha value is -3.74. The number of carbonyl (C=O) groups excluding carboxylic acids is 1. The highest BCUT2D eigenvalue weighted by molar-refractivity contribution is 5.97. The Morgan fingerprint density at radius 1 is 1.00 bits per heavy atom. The van der Waals surface area contributed by atoms with Crippen molar-refractivity contribution in [2.75, 3.05) is 5.32 Å². The highest BCUT2D eigenvalue weighted by Gasteiger charge is 2.12. The lowest BCUT2D eigenvalue weighted by atomic mass is 10.1. The number of benzene rings is 2. The van der Waals surface area contributed by atoms with Crippen LogP contribution in [0.25, 0.3) is 11.0 Å². The Bertz CT molecular complexity index is 1110. The van der Waals surface area contributed by atoms with Crippen LogP contribution < -0.4 is 10.6 Å². The summed E-state index contributed by atoms with van der Waals surface area (Å²) in [6.45, 7) is 2.98. The van der Waals surface area contributed by atoms with Gasteiger partial charge >= 0.3 is 0 Å². The van der Waals surface area contributed by atoms with Crippen LogP contribution in [0.5, 0.6) is 0 Å². The number of carbonyl (C=O) groups is 1. The van der Waals surface area contributed by atoms with Crippen molar-refractivity contribution in [3.63, 3.8) is 0 Å². The van der Waals surface area contributed by atoms with Gasteiger partial charge in [0.15, 0.2) is 0 Å². The topological polar surface area (TPSA) is 92.9 Å². The summed E-state index contributed by atoms with van der Waals surface area (Å²) < 4.78 is 4.70. The zero-order valence-electron chi connectivity index (χ0n) is 15.3. The van der Waals surface area contributed by atoms with Crippen LogP contribution in [0.1, 0.15) is 27.0 Å². The molecule has 2 aromatic heterocycles. The summed E-state index contributed by atoms with van der Waals surface area (Å²) in [6, 6.07) is 15.1. The maximum atomic E-state index is 12.7. The molecule has 2 aromatic carbocycles. The minimum Gasteiger partial charge on any atom is -0.381 e. The van der Waals surface area contributed by atoms with E-state index in [9.17, 15) is 4.79 Å². The quantitative estimate of drug-likeness (QED) is 0.538. The minimum absolute atomic E-state index is 0.124. The largest absolute Gasteiger partial charge is 0.381 e. The molecule has 0 fully saturated rings. The lowest BCUT2D eigenvalue weighted by Crippen LogP contribution is -2.24. The first-order valence-electron chi connectivity index (χ1n) is 8.92. The maximum Gasteiger partial charge on any atom is 0.251 e. The van der Waals surface area contributed by atoms with Gasteiger partial charge < -0.3 is 10.6 Å². The summed E-state index contributed by atoms with van der Waals surface area (Å²) in [5.74, 6) is -0.124. The van der Waals surface area contributed by atoms with Gasteiger partial charge in [-0.05, 0) is 64.3 Å². The standard InChI is InChI=1S/C21H19N5O2/c1-14-17(5-2-6-18(14)23-13-16-4-3-9-22-11-16)21(27)24-12-15-7-8-19-20(10-15)26-28-25-19/h2-11,23H,12-13H2,1H3,(H,24,27). The van der Waals surface area contributed by atoms with Crippen LogP contribution in [0.15, 0.2) is 65.6 Å². The summed E-state index contributed by atoms with van der Waals surface area (Å²) in [4.78, 5) is 16.8. The second-order valence-electron chi connectivity index (χ2n) is 6.46. The third-order valence-corrected chi connectivity index (χ3v) is 4.56. The average Bonchev–Trinajstić information content (AvgIpc) is 3.20. The van der Waals surface area contributed by atoms with E-state index >= 15 is 0 Å². The fourth-order valence-electron chi connectivity index (χ4n) is 2.99. The van der Waals surface area contributed by atoms with Crippen LogP contribution in [-0.2, 0) is 13.1 Å². The molecule has 0 unspecified atom stereocenters. The van der Waals surface area contributed by atoms with E-state index in [0.717, 1.165) is 22.4 Å². The summed E-state index contributed by atoms with van der Waals surface area (Å²) in [6.07, 6.45) is 3.57. The van der Waals surface area contributed by atoms with Gasteiger partial charge in [0, 0.05) is 36.7 Å². The number of nitrogens with one attached hydrogen (secondary N) is 2. The summed E-state index contributed by atoms with van der Waals surface area (Å²) in [5.41, 5.74) is 5.84. The van der Waals surface area contributed by atoms with E-state index in [1.807, 2.05) is 61.7 Å². The number of rotatable bonds is 6. The molecule has 4 aromatic rings.